The number of benzene rings is 1. The van der Waals surface area contributed by atoms with Gasteiger partial charge in [-0.2, -0.15) is 0 Å². The summed E-state index contributed by atoms with van der Waals surface area (Å²) in [4.78, 5) is 30.0. The maximum Gasteiger partial charge on any atom is 0.247 e. The molecule has 1 aliphatic heterocycles. The van der Waals surface area contributed by atoms with Gasteiger partial charge in [0.15, 0.2) is 0 Å². The van der Waals surface area contributed by atoms with Crippen molar-refractivity contribution < 1.29 is 14.7 Å². The second-order valence-corrected chi connectivity index (χ2v) is 6.82. The van der Waals surface area contributed by atoms with Gasteiger partial charge in [-0.3, -0.25) is 9.59 Å². The molecule has 0 bridgehead atoms. The van der Waals surface area contributed by atoms with E-state index in [4.69, 9.17) is 0 Å². The highest BCUT2D eigenvalue weighted by molar-refractivity contribution is 7.18. The number of carbonyl (C=O) groups excluding carboxylic acids is 2. The molecule has 3 rings (SSSR count). The summed E-state index contributed by atoms with van der Waals surface area (Å²) in [6, 6.07) is 4.97. The quantitative estimate of drug-likeness (QED) is 0.897. The molecule has 0 spiro atoms. The van der Waals surface area contributed by atoms with Crippen molar-refractivity contribution in [1.29, 1.82) is 0 Å². The van der Waals surface area contributed by atoms with Crippen molar-refractivity contribution in [3.05, 3.63) is 23.2 Å². The molecule has 1 saturated heterocycles. The minimum Gasteiger partial charge on any atom is -0.391 e. The normalized spacial score (nSPS) is 20.9. The average molecular weight is 333 g/mol. The molecule has 1 aliphatic rings. The molecule has 0 radical (unpaired) electrons. The number of aromatic nitrogens is 1. The Morgan fingerprint density at radius 2 is 2.26 bits per heavy atom. The highest BCUT2D eigenvalue weighted by Crippen LogP contribution is 2.26. The molecule has 7 heteroatoms. The van der Waals surface area contributed by atoms with Crippen molar-refractivity contribution in [3.63, 3.8) is 0 Å². The van der Waals surface area contributed by atoms with E-state index in [-0.39, 0.29) is 24.8 Å². The third-order valence-corrected chi connectivity index (χ3v) is 5.15. The van der Waals surface area contributed by atoms with Crippen molar-refractivity contribution in [2.24, 2.45) is 0 Å². The van der Waals surface area contributed by atoms with Crippen LogP contribution in [0.2, 0.25) is 0 Å². The van der Waals surface area contributed by atoms with Gasteiger partial charge >= 0.3 is 0 Å². The maximum atomic E-state index is 12.4. The summed E-state index contributed by atoms with van der Waals surface area (Å²) in [5, 5.41) is 13.6. The number of anilines is 1. The molecule has 2 heterocycles. The molecule has 23 heavy (non-hydrogen) atoms. The molecule has 2 amide bonds. The number of rotatable bonds is 3. The molecule has 6 nitrogen and oxygen atoms in total. The Bertz CT molecular complexity index is 758. The zero-order valence-electron chi connectivity index (χ0n) is 13.1. The number of aryl methyl sites for hydroxylation is 1. The lowest BCUT2D eigenvalue weighted by Gasteiger charge is -2.22. The van der Waals surface area contributed by atoms with Crippen molar-refractivity contribution in [3.8, 4) is 0 Å². The molecule has 0 saturated carbocycles. The van der Waals surface area contributed by atoms with Crippen LogP contribution in [-0.2, 0) is 16.0 Å². The standard InChI is InChI=1S/C16H19N3O3S/c1-3-15-18-12-5-4-10(6-14(12)23-15)17-16(22)13-7-11(21)8-19(13)9(2)20/h4-6,11,13,21H,3,7-8H2,1-2H3,(H,17,22)/t11-,13+/m0/s1. The van der Waals surface area contributed by atoms with E-state index in [1.54, 1.807) is 11.3 Å². The van der Waals surface area contributed by atoms with Crippen LogP contribution in [0, 0.1) is 0 Å². The summed E-state index contributed by atoms with van der Waals surface area (Å²) >= 11 is 1.61. The number of hydrogen-bond donors (Lipinski definition) is 2. The number of likely N-dealkylation sites (tertiary alicyclic amines) is 1. The first-order chi connectivity index (χ1) is 11.0. The first kappa shape index (κ1) is 15.9. The summed E-state index contributed by atoms with van der Waals surface area (Å²) in [5.41, 5.74) is 1.60. The fraction of sp³-hybridized carbons (Fsp3) is 0.438. The molecule has 1 fully saturated rings. The van der Waals surface area contributed by atoms with Gasteiger partial charge in [-0.25, -0.2) is 4.98 Å². The first-order valence-electron chi connectivity index (χ1n) is 7.63. The minimum absolute atomic E-state index is 0.202. The number of aliphatic hydroxyl groups is 1. The Kier molecular flexibility index (Phi) is 4.32. The third kappa shape index (κ3) is 3.20. The molecule has 0 aliphatic carbocycles. The highest BCUT2D eigenvalue weighted by atomic mass is 32.1. The summed E-state index contributed by atoms with van der Waals surface area (Å²) in [6.07, 6.45) is 0.508. The number of carbonyl (C=O) groups is 2. The Morgan fingerprint density at radius 3 is 2.96 bits per heavy atom. The van der Waals surface area contributed by atoms with Gasteiger partial charge in [0, 0.05) is 25.6 Å². The molecule has 1 aromatic heterocycles. The summed E-state index contributed by atoms with van der Waals surface area (Å²) in [5.74, 6) is -0.469. The van der Waals surface area contributed by atoms with Crippen molar-refractivity contribution >= 4 is 39.1 Å². The van der Waals surface area contributed by atoms with Crippen molar-refractivity contribution in [2.45, 2.75) is 38.8 Å². The van der Waals surface area contributed by atoms with Gasteiger partial charge in [0.1, 0.15) is 6.04 Å². The molecular weight excluding hydrogens is 314 g/mol. The SMILES string of the molecule is CCc1nc2ccc(NC(=O)[C@H]3C[C@H](O)CN3C(C)=O)cc2s1. The lowest BCUT2D eigenvalue weighted by molar-refractivity contribution is -0.134. The zero-order chi connectivity index (χ0) is 16.6. The number of nitrogens with zero attached hydrogens (tertiary/aromatic N) is 2. The van der Waals surface area contributed by atoms with Crippen molar-refractivity contribution in [1.82, 2.24) is 9.88 Å². The van der Waals surface area contributed by atoms with Crippen LogP contribution in [0.5, 0.6) is 0 Å². The number of fused-ring (bicyclic) bond motifs is 1. The number of thiazole rings is 1. The van der Waals surface area contributed by atoms with E-state index >= 15 is 0 Å². The van der Waals surface area contributed by atoms with Crippen LogP contribution in [0.3, 0.4) is 0 Å². The summed E-state index contributed by atoms with van der Waals surface area (Å²) in [6.45, 7) is 3.68. The van der Waals surface area contributed by atoms with Gasteiger partial charge in [0.2, 0.25) is 11.8 Å². The minimum atomic E-state index is -0.647. The second-order valence-electron chi connectivity index (χ2n) is 5.71. The smallest absolute Gasteiger partial charge is 0.247 e. The van der Waals surface area contributed by atoms with Gasteiger partial charge in [-0.05, 0) is 24.6 Å². The highest BCUT2D eigenvalue weighted by Gasteiger charge is 2.37. The first-order valence-corrected chi connectivity index (χ1v) is 8.45. The maximum absolute atomic E-state index is 12.4. The lowest BCUT2D eigenvalue weighted by atomic mass is 10.1. The van der Waals surface area contributed by atoms with Crippen LogP contribution in [-0.4, -0.2) is 45.5 Å². The molecule has 2 aromatic rings. The van der Waals surface area contributed by atoms with Gasteiger partial charge < -0.3 is 15.3 Å². The number of hydrogen-bond acceptors (Lipinski definition) is 5. The van der Waals surface area contributed by atoms with Crippen LogP contribution in [0.4, 0.5) is 5.69 Å². The van der Waals surface area contributed by atoms with Gasteiger partial charge in [0.25, 0.3) is 0 Å². The Morgan fingerprint density at radius 1 is 1.48 bits per heavy atom. The van der Waals surface area contributed by atoms with E-state index in [2.05, 4.69) is 17.2 Å². The zero-order valence-corrected chi connectivity index (χ0v) is 13.9. The monoisotopic (exact) mass is 333 g/mol. The topological polar surface area (TPSA) is 82.5 Å². The van der Waals surface area contributed by atoms with Crippen LogP contribution in [0.15, 0.2) is 18.2 Å². The van der Waals surface area contributed by atoms with Gasteiger partial charge in [-0.1, -0.05) is 6.92 Å². The number of β-amino-alcohol motifs (C(OH)–C–C–N with tert-alkyl or cyclic N) is 1. The third-order valence-electron chi connectivity index (χ3n) is 3.99. The molecular formula is C16H19N3O3S. The van der Waals surface area contributed by atoms with Crippen molar-refractivity contribution in [2.75, 3.05) is 11.9 Å². The van der Waals surface area contributed by atoms with Gasteiger partial charge in [-0.15, -0.1) is 11.3 Å². The van der Waals surface area contributed by atoms with E-state index in [9.17, 15) is 14.7 Å². The predicted molar refractivity (Wildman–Crippen MR) is 89.4 cm³/mol. The number of aliphatic hydroxyl groups excluding tert-OH is 1. The largest absolute Gasteiger partial charge is 0.391 e. The van der Waals surface area contributed by atoms with Crippen LogP contribution >= 0.6 is 11.3 Å². The van der Waals surface area contributed by atoms with E-state index in [1.807, 2.05) is 18.2 Å². The average Bonchev–Trinajstić information content (AvgIpc) is 3.09. The summed E-state index contributed by atoms with van der Waals surface area (Å²) in [7, 11) is 0. The van der Waals surface area contributed by atoms with Gasteiger partial charge in [0.05, 0.1) is 21.3 Å². The lowest BCUT2D eigenvalue weighted by Crippen LogP contribution is -2.42. The Labute approximate surface area is 138 Å². The molecule has 1 aromatic carbocycles. The number of nitrogens with one attached hydrogen (secondary N) is 1. The molecule has 122 valence electrons. The molecule has 2 N–H and O–H groups in total. The van der Waals surface area contributed by atoms with Crippen LogP contribution in [0.1, 0.15) is 25.3 Å². The number of amides is 2. The predicted octanol–water partition coefficient (Wildman–Crippen LogP) is 1.78. The molecule has 0 unspecified atom stereocenters. The Balaban J connectivity index is 1.78. The summed E-state index contributed by atoms with van der Waals surface area (Å²) < 4.78 is 1.02. The van der Waals surface area contributed by atoms with E-state index in [0.29, 0.717) is 5.69 Å². The molecule has 2 atom stereocenters. The van der Waals surface area contributed by atoms with Crippen LogP contribution in [0.25, 0.3) is 10.2 Å². The second kappa shape index (κ2) is 6.25. The van der Waals surface area contributed by atoms with E-state index < -0.39 is 12.1 Å². The van der Waals surface area contributed by atoms with E-state index in [0.717, 1.165) is 21.6 Å². The van der Waals surface area contributed by atoms with E-state index in [1.165, 1.54) is 11.8 Å². The van der Waals surface area contributed by atoms with Crippen LogP contribution < -0.4 is 5.32 Å². The Hall–Kier alpha value is -1.99. The fourth-order valence-electron chi connectivity index (χ4n) is 2.84. The fourth-order valence-corrected chi connectivity index (χ4v) is 3.78.